The number of methoxy groups -OCH3 is 1. The Balaban J connectivity index is 1.71. The van der Waals surface area contributed by atoms with Crippen LogP contribution in [0.5, 0.6) is 5.75 Å². The molecular formula is C16H15ClN4O2. The first-order chi connectivity index (χ1) is 11.2. The van der Waals surface area contributed by atoms with Crippen molar-refractivity contribution in [2.45, 2.75) is 6.54 Å². The lowest BCUT2D eigenvalue weighted by Gasteiger charge is -2.09. The van der Waals surface area contributed by atoms with Crippen molar-refractivity contribution >= 4 is 29.1 Å². The fraction of sp³-hybridized carbons (Fsp3) is 0.125. The zero-order valence-corrected chi connectivity index (χ0v) is 13.2. The Morgan fingerprint density at radius 3 is 2.70 bits per heavy atom. The van der Waals surface area contributed by atoms with Crippen LogP contribution in [0.2, 0.25) is 5.15 Å². The number of nitrogens with one attached hydrogen (secondary N) is 2. The van der Waals surface area contributed by atoms with Crippen LogP contribution in [0.3, 0.4) is 0 Å². The van der Waals surface area contributed by atoms with E-state index in [0.717, 1.165) is 17.2 Å². The molecule has 0 bridgehead atoms. The Kier molecular flexibility index (Phi) is 4.63. The minimum atomic E-state index is 0.345. The molecule has 0 fully saturated rings. The van der Waals surface area contributed by atoms with Gasteiger partial charge in [0.2, 0.25) is 5.95 Å². The van der Waals surface area contributed by atoms with Crippen LogP contribution in [-0.2, 0) is 6.54 Å². The maximum atomic E-state index is 6.05. The van der Waals surface area contributed by atoms with Gasteiger partial charge in [0.15, 0.2) is 0 Å². The van der Waals surface area contributed by atoms with Crippen LogP contribution in [0.4, 0.5) is 17.5 Å². The largest absolute Gasteiger partial charge is 0.497 e. The third-order valence-electron chi connectivity index (χ3n) is 3.06. The van der Waals surface area contributed by atoms with Gasteiger partial charge in [0.25, 0.3) is 0 Å². The van der Waals surface area contributed by atoms with Gasteiger partial charge >= 0.3 is 0 Å². The Morgan fingerprint density at radius 2 is 2.00 bits per heavy atom. The molecule has 0 radical (unpaired) electrons. The summed E-state index contributed by atoms with van der Waals surface area (Å²) in [6.07, 6.45) is 1.62. The summed E-state index contributed by atoms with van der Waals surface area (Å²) >= 11 is 6.05. The number of furan rings is 1. The van der Waals surface area contributed by atoms with Crippen LogP contribution in [0, 0.1) is 0 Å². The summed E-state index contributed by atoms with van der Waals surface area (Å²) in [5.41, 5.74) is 0.873. The average Bonchev–Trinajstić information content (AvgIpc) is 3.07. The maximum absolute atomic E-state index is 6.05. The molecule has 0 aliphatic heterocycles. The Hall–Kier alpha value is -2.73. The number of nitrogens with zero attached hydrogens (tertiary/aromatic N) is 2. The molecule has 0 saturated carbocycles. The predicted octanol–water partition coefficient (Wildman–Crippen LogP) is 4.09. The fourth-order valence-corrected chi connectivity index (χ4v) is 2.15. The molecule has 0 aliphatic carbocycles. The second kappa shape index (κ2) is 7.02. The second-order valence-electron chi connectivity index (χ2n) is 4.69. The number of aromatic nitrogens is 2. The highest BCUT2D eigenvalue weighted by Gasteiger charge is 2.05. The molecule has 2 heterocycles. The molecule has 0 unspecified atom stereocenters. The van der Waals surface area contributed by atoms with Crippen LogP contribution in [0.1, 0.15) is 5.76 Å². The number of halogens is 1. The summed E-state index contributed by atoms with van der Waals surface area (Å²) in [4.78, 5) is 8.52. The Bertz CT molecular complexity index is 760. The smallest absolute Gasteiger partial charge is 0.226 e. The molecular weight excluding hydrogens is 316 g/mol. The summed E-state index contributed by atoms with van der Waals surface area (Å²) in [6.45, 7) is 0.481. The molecule has 6 nitrogen and oxygen atoms in total. The van der Waals surface area contributed by atoms with Crippen molar-refractivity contribution in [3.63, 3.8) is 0 Å². The number of benzene rings is 1. The highest BCUT2D eigenvalue weighted by atomic mass is 35.5. The van der Waals surface area contributed by atoms with Gasteiger partial charge < -0.3 is 19.8 Å². The van der Waals surface area contributed by atoms with Crippen molar-refractivity contribution in [2.24, 2.45) is 0 Å². The molecule has 0 atom stereocenters. The highest BCUT2D eigenvalue weighted by Crippen LogP contribution is 2.21. The van der Waals surface area contributed by atoms with E-state index in [4.69, 9.17) is 20.8 Å². The monoisotopic (exact) mass is 330 g/mol. The normalized spacial score (nSPS) is 10.3. The summed E-state index contributed by atoms with van der Waals surface area (Å²) in [5, 5.41) is 6.59. The van der Waals surface area contributed by atoms with Crippen molar-refractivity contribution in [1.29, 1.82) is 0 Å². The average molecular weight is 331 g/mol. The van der Waals surface area contributed by atoms with Crippen molar-refractivity contribution in [1.82, 2.24) is 9.97 Å². The van der Waals surface area contributed by atoms with Crippen LogP contribution in [0.25, 0.3) is 0 Å². The molecule has 2 N–H and O–H groups in total. The SMILES string of the molecule is COc1ccc(Nc2cc(Cl)nc(NCc3ccco3)n2)cc1. The van der Waals surface area contributed by atoms with Crippen molar-refractivity contribution < 1.29 is 9.15 Å². The van der Waals surface area contributed by atoms with E-state index in [1.165, 1.54) is 0 Å². The van der Waals surface area contributed by atoms with E-state index in [2.05, 4.69) is 20.6 Å². The first kappa shape index (κ1) is 15.2. The Labute approximate surface area is 138 Å². The number of hydrogen-bond donors (Lipinski definition) is 2. The van der Waals surface area contributed by atoms with E-state index in [1.54, 1.807) is 19.4 Å². The van der Waals surface area contributed by atoms with E-state index in [0.29, 0.717) is 23.5 Å². The van der Waals surface area contributed by atoms with Gasteiger partial charge in [-0.3, -0.25) is 0 Å². The number of anilines is 3. The summed E-state index contributed by atoms with van der Waals surface area (Å²) in [5.74, 6) is 2.59. The first-order valence-electron chi connectivity index (χ1n) is 6.95. The van der Waals surface area contributed by atoms with Gasteiger partial charge in [0.1, 0.15) is 22.5 Å². The van der Waals surface area contributed by atoms with Gasteiger partial charge in [-0.05, 0) is 36.4 Å². The molecule has 0 saturated heterocycles. The molecule has 0 amide bonds. The van der Waals surface area contributed by atoms with Gasteiger partial charge in [-0.15, -0.1) is 0 Å². The topological polar surface area (TPSA) is 72.2 Å². The van der Waals surface area contributed by atoms with Crippen molar-refractivity contribution in [2.75, 3.05) is 17.7 Å². The summed E-state index contributed by atoms with van der Waals surface area (Å²) < 4.78 is 10.4. The molecule has 1 aromatic carbocycles. The highest BCUT2D eigenvalue weighted by molar-refractivity contribution is 6.29. The fourth-order valence-electron chi connectivity index (χ4n) is 1.96. The summed E-state index contributed by atoms with van der Waals surface area (Å²) in [7, 11) is 1.63. The third kappa shape index (κ3) is 4.14. The van der Waals surface area contributed by atoms with Gasteiger partial charge in [-0.1, -0.05) is 11.6 Å². The zero-order valence-electron chi connectivity index (χ0n) is 12.4. The van der Waals surface area contributed by atoms with E-state index in [1.807, 2.05) is 36.4 Å². The minimum Gasteiger partial charge on any atom is -0.497 e. The molecule has 7 heteroatoms. The lowest BCUT2D eigenvalue weighted by Crippen LogP contribution is -2.05. The zero-order chi connectivity index (χ0) is 16.1. The van der Waals surface area contributed by atoms with Crippen LogP contribution >= 0.6 is 11.6 Å². The lowest BCUT2D eigenvalue weighted by atomic mass is 10.3. The third-order valence-corrected chi connectivity index (χ3v) is 3.25. The second-order valence-corrected chi connectivity index (χ2v) is 5.07. The number of rotatable bonds is 6. The van der Waals surface area contributed by atoms with Crippen LogP contribution in [0.15, 0.2) is 53.1 Å². The molecule has 0 spiro atoms. The summed E-state index contributed by atoms with van der Waals surface area (Å²) in [6, 6.07) is 12.9. The quantitative estimate of drug-likeness (QED) is 0.663. The van der Waals surface area contributed by atoms with E-state index in [9.17, 15) is 0 Å². The number of ether oxygens (including phenoxy) is 1. The van der Waals surface area contributed by atoms with E-state index < -0.39 is 0 Å². The standard InChI is InChI=1S/C16H15ClN4O2/c1-22-12-6-4-11(5-7-12)19-15-9-14(17)20-16(21-15)18-10-13-3-2-8-23-13/h2-9H,10H2,1H3,(H2,18,19,20,21). The van der Waals surface area contributed by atoms with Crippen molar-refractivity contribution in [3.8, 4) is 5.75 Å². The van der Waals surface area contributed by atoms with Crippen molar-refractivity contribution in [3.05, 3.63) is 59.6 Å². The molecule has 23 heavy (non-hydrogen) atoms. The van der Waals surface area contributed by atoms with E-state index in [-0.39, 0.29) is 0 Å². The lowest BCUT2D eigenvalue weighted by molar-refractivity contribution is 0.415. The molecule has 3 aromatic rings. The van der Waals surface area contributed by atoms with E-state index >= 15 is 0 Å². The van der Waals surface area contributed by atoms with Crippen LogP contribution < -0.4 is 15.4 Å². The van der Waals surface area contributed by atoms with Gasteiger partial charge in [-0.2, -0.15) is 4.98 Å². The minimum absolute atomic E-state index is 0.345. The number of hydrogen-bond acceptors (Lipinski definition) is 6. The Morgan fingerprint density at radius 1 is 1.17 bits per heavy atom. The van der Waals surface area contributed by atoms with Gasteiger partial charge in [-0.25, -0.2) is 4.98 Å². The predicted molar refractivity (Wildman–Crippen MR) is 89.4 cm³/mol. The van der Waals surface area contributed by atoms with Crippen LogP contribution in [-0.4, -0.2) is 17.1 Å². The maximum Gasteiger partial charge on any atom is 0.226 e. The molecule has 118 valence electrons. The first-order valence-corrected chi connectivity index (χ1v) is 7.32. The van der Waals surface area contributed by atoms with Gasteiger partial charge in [0, 0.05) is 11.8 Å². The van der Waals surface area contributed by atoms with Gasteiger partial charge in [0.05, 0.1) is 19.9 Å². The molecule has 2 aromatic heterocycles. The molecule has 3 rings (SSSR count). The molecule has 0 aliphatic rings.